The zero-order valence-electron chi connectivity index (χ0n) is 10.1. The second-order valence-corrected chi connectivity index (χ2v) is 3.81. The van der Waals surface area contributed by atoms with E-state index in [0.29, 0.717) is 11.3 Å². The van der Waals surface area contributed by atoms with Crippen molar-refractivity contribution in [3.8, 4) is 5.82 Å². The van der Waals surface area contributed by atoms with Gasteiger partial charge in [-0.05, 0) is 29.3 Å². The Morgan fingerprint density at radius 3 is 2.63 bits per heavy atom. The molecule has 2 heterocycles. The SMILES string of the molecule is Cc1nnc(-n2cnc([N+](=O)[O-])c2)c(C(=O)O)c1C. The summed E-state index contributed by atoms with van der Waals surface area (Å²) in [6.07, 6.45) is 2.22. The lowest BCUT2D eigenvalue weighted by Crippen LogP contribution is -2.12. The van der Waals surface area contributed by atoms with Gasteiger partial charge < -0.3 is 15.2 Å². The van der Waals surface area contributed by atoms with Crippen LogP contribution in [0.3, 0.4) is 0 Å². The monoisotopic (exact) mass is 263 g/mol. The molecule has 9 nitrogen and oxygen atoms in total. The van der Waals surface area contributed by atoms with E-state index in [9.17, 15) is 20.0 Å². The number of nitrogens with zero attached hydrogens (tertiary/aromatic N) is 5. The lowest BCUT2D eigenvalue weighted by atomic mass is 10.1. The molecule has 19 heavy (non-hydrogen) atoms. The molecule has 2 rings (SSSR count). The number of carbonyl (C=O) groups is 1. The van der Waals surface area contributed by atoms with Crippen LogP contribution in [0.5, 0.6) is 0 Å². The Bertz CT molecular complexity index is 679. The number of carboxylic acids is 1. The minimum absolute atomic E-state index is 0.00352. The normalized spacial score (nSPS) is 10.4. The van der Waals surface area contributed by atoms with Crippen molar-refractivity contribution in [3.63, 3.8) is 0 Å². The number of aryl methyl sites for hydroxylation is 1. The fourth-order valence-electron chi connectivity index (χ4n) is 1.56. The molecule has 0 unspecified atom stereocenters. The first-order valence-corrected chi connectivity index (χ1v) is 5.17. The van der Waals surface area contributed by atoms with E-state index in [0.717, 1.165) is 12.5 Å². The molecule has 0 aliphatic heterocycles. The lowest BCUT2D eigenvalue weighted by molar-refractivity contribution is -0.389. The van der Waals surface area contributed by atoms with Crippen molar-refractivity contribution in [1.29, 1.82) is 0 Å². The van der Waals surface area contributed by atoms with Crippen LogP contribution in [0.1, 0.15) is 21.6 Å². The maximum Gasteiger partial charge on any atom is 0.381 e. The predicted molar refractivity (Wildman–Crippen MR) is 62.2 cm³/mol. The van der Waals surface area contributed by atoms with Crippen LogP contribution < -0.4 is 0 Å². The average molecular weight is 263 g/mol. The van der Waals surface area contributed by atoms with Gasteiger partial charge >= 0.3 is 11.8 Å². The van der Waals surface area contributed by atoms with E-state index in [1.165, 1.54) is 4.57 Å². The van der Waals surface area contributed by atoms with Crippen LogP contribution in [-0.4, -0.2) is 35.7 Å². The number of nitro groups is 1. The smallest absolute Gasteiger partial charge is 0.381 e. The van der Waals surface area contributed by atoms with Crippen molar-refractivity contribution in [2.45, 2.75) is 13.8 Å². The number of hydrogen-bond donors (Lipinski definition) is 1. The molecule has 0 spiro atoms. The molecular formula is C10H9N5O4. The molecule has 0 saturated carbocycles. The van der Waals surface area contributed by atoms with Crippen LogP contribution in [0.15, 0.2) is 12.5 Å². The minimum Gasteiger partial charge on any atom is -0.478 e. The molecule has 0 atom stereocenters. The molecule has 0 fully saturated rings. The summed E-state index contributed by atoms with van der Waals surface area (Å²) >= 11 is 0. The number of rotatable bonds is 3. The van der Waals surface area contributed by atoms with Crippen molar-refractivity contribution in [3.05, 3.63) is 39.5 Å². The van der Waals surface area contributed by atoms with E-state index in [2.05, 4.69) is 15.2 Å². The van der Waals surface area contributed by atoms with E-state index >= 15 is 0 Å². The summed E-state index contributed by atoms with van der Waals surface area (Å²) < 4.78 is 1.17. The van der Waals surface area contributed by atoms with Crippen LogP contribution in [0.25, 0.3) is 5.82 Å². The first-order valence-electron chi connectivity index (χ1n) is 5.17. The molecule has 0 aliphatic rings. The van der Waals surface area contributed by atoms with Crippen molar-refractivity contribution >= 4 is 11.8 Å². The Kier molecular flexibility index (Phi) is 2.95. The van der Waals surface area contributed by atoms with Gasteiger partial charge in [0.15, 0.2) is 5.82 Å². The summed E-state index contributed by atoms with van der Waals surface area (Å²) in [6, 6.07) is 0. The molecule has 0 aliphatic carbocycles. The van der Waals surface area contributed by atoms with Crippen LogP contribution >= 0.6 is 0 Å². The number of carboxylic acid groups (broad SMARTS) is 1. The molecule has 0 aromatic carbocycles. The van der Waals surface area contributed by atoms with Crippen LogP contribution in [0.2, 0.25) is 0 Å². The molecule has 0 radical (unpaired) electrons. The minimum atomic E-state index is -1.18. The molecule has 2 aromatic heterocycles. The van der Waals surface area contributed by atoms with Gasteiger partial charge in [-0.15, -0.1) is 5.10 Å². The molecule has 0 saturated heterocycles. The fourth-order valence-corrected chi connectivity index (χ4v) is 1.56. The molecule has 9 heteroatoms. The third-order valence-corrected chi connectivity index (χ3v) is 2.65. The van der Waals surface area contributed by atoms with E-state index in [1.54, 1.807) is 13.8 Å². The van der Waals surface area contributed by atoms with Gasteiger partial charge in [-0.3, -0.25) is 4.57 Å². The summed E-state index contributed by atoms with van der Waals surface area (Å²) in [5.41, 5.74) is 0.879. The van der Waals surface area contributed by atoms with Crippen molar-refractivity contribution < 1.29 is 14.8 Å². The first kappa shape index (κ1) is 12.6. The van der Waals surface area contributed by atoms with Crippen LogP contribution in [0, 0.1) is 24.0 Å². The summed E-state index contributed by atoms with van der Waals surface area (Å²) in [5, 5.41) is 27.4. The fraction of sp³-hybridized carbons (Fsp3) is 0.200. The third-order valence-electron chi connectivity index (χ3n) is 2.65. The highest BCUT2D eigenvalue weighted by Gasteiger charge is 2.21. The Hall–Kier alpha value is -2.84. The van der Waals surface area contributed by atoms with Crippen LogP contribution in [0.4, 0.5) is 5.82 Å². The second-order valence-electron chi connectivity index (χ2n) is 3.81. The van der Waals surface area contributed by atoms with Gasteiger partial charge in [0.1, 0.15) is 11.8 Å². The number of hydrogen-bond acceptors (Lipinski definition) is 6. The van der Waals surface area contributed by atoms with Crippen molar-refractivity contribution in [1.82, 2.24) is 19.7 Å². The van der Waals surface area contributed by atoms with Crippen molar-refractivity contribution in [2.24, 2.45) is 0 Å². The third kappa shape index (κ3) is 2.12. The highest BCUT2D eigenvalue weighted by Crippen LogP contribution is 2.19. The molecule has 2 aromatic rings. The molecular weight excluding hydrogens is 254 g/mol. The lowest BCUT2D eigenvalue weighted by Gasteiger charge is -2.08. The Balaban J connectivity index is 2.64. The molecule has 1 N–H and O–H groups in total. The Morgan fingerprint density at radius 1 is 1.42 bits per heavy atom. The maximum absolute atomic E-state index is 11.3. The summed E-state index contributed by atoms with van der Waals surface area (Å²) in [4.78, 5) is 24.7. The first-order chi connectivity index (χ1) is 8.91. The summed E-state index contributed by atoms with van der Waals surface area (Å²) in [6.45, 7) is 3.23. The zero-order valence-corrected chi connectivity index (χ0v) is 10.1. The van der Waals surface area contributed by atoms with Crippen LogP contribution in [-0.2, 0) is 0 Å². The van der Waals surface area contributed by atoms with E-state index in [1.807, 2.05) is 0 Å². The Morgan fingerprint density at radius 2 is 2.11 bits per heavy atom. The summed E-state index contributed by atoms with van der Waals surface area (Å²) in [7, 11) is 0. The number of aromatic carboxylic acids is 1. The quantitative estimate of drug-likeness (QED) is 0.643. The van der Waals surface area contributed by atoms with Gasteiger partial charge in [-0.25, -0.2) is 4.79 Å². The van der Waals surface area contributed by atoms with Gasteiger partial charge in [-0.2, -0.15) is 5.10 Å². The van der Waals surface area contributed by atoms with Gasteiger partial charge in [0, 0.05) is 0 Å². The second kappa shape index (κ2) is 4.44. The topological polar surface area (TPSA) is 124 Å². The summed E-state index contributed by atoms with van der Waals surface area (Å²) in [5.74, 6) is -1.57. The molecule has 0 bridgehead atoms. The van der Waals surface area contributed by atoms with Crippen molar-refractivity contribution in [2.75, 3.05) is 0 Å². The highest BCUT2D eigenvalue weighted by molar-refractivity contribution is 5.92. The van der Waals surface area contributed by atoms with Gasteiger partial charge in [0.25, 0.3) is 0 Å². The average Bonchev–Trinajstić information content (AvgIpc) is 2.81. The van der Waals surface area contributed by atoms with E-state index < -0.39 is 16.7 Å². The predicted octanol–water partition coefficient (Wildman–Crippen LogP) is 0.886. The van der Waals surface area contributed by atoms with Gasteiger partial charge in [0.05, 0.1) is 5.69 Å². The number of aromatic nitrogens is 4. The van der Waals surface area contributed by atoms with E-state index in [4.69, 9.17) is 0 Å². The molecule has 0 amide bonds. The van der Waals surface area contributed by atoms with E-state index in [-0.39, 0.29) is 11.4 Å². The zero-order chi connectivity index (χ0) is 14.2. The molecule has 98 valence electrons. The standard InChI is InChI=1S/C10H9N5O4/c1-5-6(2)12-13-9(8(5)10(16)17)14-3-7(11-4-14)15(18)19/h3-4H,1-2H3,(H,16,17). The van der Waals surface area contributed by atoms with Gasteiger partial charge in [-0.1, -0.05) is 0 Å². The highest BCUT2D eigenvalue weighted by atomic mass is 16.6. The maximum atomic E-state index is 11.3. The number of imidazole rings is 1. The Labute approximate surface area is 106 Å². The largest absolute Gasteiger partial charge is 0.478 e. The van der Waals surface area contributed by atoms with Gasteiger partial charge in [0.2, 0.25) is 6.33 Å².